The minimum Gasteiger partial charge on any atom is -0.478 e. The van der Waals surface area contributed by atoms with Gasteiger partial charge in [-0.3, -0.25) is 19.4 Å². The Morgan fingerprint density at radius 2 is 2.10 bits per heavy atom. The SMILES string of the molecule is NC(=O)[C@@H](C[C@@H]1Oc2ccncc2NC1=O)C1(C(N)=O)NCC2C3C=CC(C3)C21. The van der Waals surface area contributed by atoms with E-state index in [1.165, 1.54) is 6.20 Å². The van der Waals surface area contributed by atoms with Gasteiger partial charge in [0.05, 0.1) is 12.1 Å². The maximum Gasteiger partial charge on any atom is 0.265 e. The molecule has 0 spiro atoms. The quantitative estimate of drug-likeness (QED) is 0.494. The molecule has 5 rings (SSSR count). The van der Waals surface area contributed by atoms with Gasteiger partial charge < -0.3 is 26.8 Å². The van der Waals surface area contributed by atoms with E-state index in [9.17, 15) is 14.4 Å². The van der Waals surface area contributed by atoms with Gasteiger partial charge in [-0.05, 0) is 36.6 Å². The van der Waals surface area contributed by atoms with Crippen LogP contribution in [0.15, 0.2) is 30.6 Å². The Bertz CT molecular complexity index is 933. The van der Waals surface area contributed by atoms with Crippen LogP contribution >= 0.6 is 0 Å². The number of nitrogens with one attached hydrogen (secondary N) is 2. The number of pyridine rings is 1. The highest BCUT2D eigenvalue weighted by atomic mass is 16.5. The number of carbonyl (C=O) groups is 3. The van der Waals surface area contributed by atoms with E-state index < -0.39 is 35.3 Å². The van der Waals surface area contributed by atoms with E-state index in [0.29, 0.717) is 23.9 Å². The second-order valence-corrected chi connectivity index (χ2v) is 8.41. The molecule has 0 radical (unpaired) electrons. The molecule has 1 saturated heterocycles. The van der Waals surface area contributed by atoms with E-state index in [4.69, 9.17) is 16.2 Å². The fourth-order valence-electron chi connectivity index (χ4n) is 5.96. The first kappa shape index (κ1) is 18.1. The van der Waals surface area contributed by atoms with Crippen LogP contribution in [0.2, 0.25) is 0 Å². The Labute approximate surface area is 167 Å². The van der Waals surface area contributed by atoms with Gasteiger partial charge in [0.1, 0.15) is 17.0 Å². The summed E-state index contributed by atoms with van der Waals surface area (Å²) in [5.74, 6) is -1.52. The van der Waals surface area contributed by atoms with Crippen molar-refractivity contribution in [3.63, 3.8) is 0 Å². The number of fused-ring (bicyclic) bond motifs is 6. The van der Waals surface area contributed by atoms with E-state index in [0.717, 1.165) is 6.42 Å². The van der Waals surface area contributed by atoms with Crippen LogP contribution < -0.4 is 26.8 Å². The molecule has 29 heavy (non-hydrogen) atoms. The molecule has 1 aromatic heterocycles. The van der Waals surface area contributed by atoms with Crippen LogP contribution in [0.4, 0.5) is 5.69 Å². The van der Waals surface area contributed by atoms with Crippen molar-refractivity contribution in [3.8, 4) is 5.75 Å². The highest BCUT2D eigenvalue weighted by molar-refractivity contribution is 5.99. The number of ether oxygens (including phenoxy) is 1. The van der Waals surface area contributed by atoms with Gasteiger partial charge in [-0.25, -0.2) is 0 Å². The first-order valence-corrected chi connectivity index (χ1v) is 9.86. The molecule has 3 heterocycles. The summed E-state index contributed by atoms with van der Waals surface area (Å²) in [6.45, 7) is 0.592. The van der Waals surface area contributed by atoms with E-state index in [2.05, 4.69) is 27.8 Å². The van der Waals surface area contributed by atoms with Crippen LogP contribution in [-0.4, -0.2) is 40.9 Å². The molecule has 2 aliphatic heterocycles. The normalized spacial score (nSPS) is 37.4. The maximum atomic E-state index is 12.8. The summed E-state index contributed by atoms with van der Waals surface area (Å²) in [4.78, 5) is 41.9. The number of primary amides is 2. The molecule has 9 nitrogen and oxygen atoms in total. The van der Waals surface area contributed by atoms with Gasteiger partial charge in [0.25, 0.3) is 5.91 Å². The molecule has 7 atom stereocenters. The predicted molar refractivity (Wildman–Crippen MR) is 102 cm³/mol. The van der Waals surface area contributed by atoms with E-state index in [1.807, 2.05) is 0 Å². The van der Waals surface area contributed by atoms with Crippen molar-refractivity contribution in [1.29, 1.82) is 0 Å². The molecule has 2 fully saturated rings. The zero-order valence-corrected chi connectivity index (χ0v) is 15.7. The summed E-state index contributed by atoms with van der Waals surface area (Å²) in [7, 11) is 0. The van der Waals surface area contributed by atoms with Crippen molar-refractivity contribution in [1.82, 2.24) is 10.3 Å². The Morgan fingerprint density at radius 1 is 1.31 bits per heavy atom. The summed E-state index contributed by atoms with van der Waals surface area (Å²) in [6.07, 6.45) is 7.29. The molecule has 2 aliphatic carbocycles. The highest BCUT2D eigenvalue weighted by Crippen LogP contribution is 2.57. The van der Waals surface area contributed by atoms with Crippen LogP contribution in [0.25, 0.3) is 0 Å². The van der Waals surface area contributed by atoms with Crippen LogP contribution in [0.1, 0.15) is 12.8 Å². The van der Waals surface area contributed by atoms with Crippen molar-refractivity contribution in [2.24, 2.45) is 41.1 Å². The smallest absolute Gasteiger partial charge is 0.265 e. The van der Waals surface area contributed by atoms with E-state index in [1.54, 1.807) is 12.3 Å². The van der Waals surface area contributed by atoms with Crippen LogP contribution in [0, 0.1) is 29.6 Å². The largest absolute Gasteiger partial charge is 0.478 e. The van der Waals surface area contributed by atoms with E-state index >= 15 is 0 Å². The van der Waals surface area contributed by atoms with Crippen LogP contribution in [-0.2, 0) is 14.4 Å². The van der Waals surface area contributed by atoms with Crippen molar-refractivity contribution in [2.45, 2.75) is 24.5 Å². The van der Waals surface area contributed by atoms with Crippen molar-refractivity contribution < 1.29 is 19.1 Å². The number of allylic oxidation sites excluding steroid dienone is 2. The fourth-order valence-corrected chi connectivity index (χ4v) is 5.96. The molecule has 152 valence electrons. The first-order valence-electron chi connectivity index (χ1n) is 9.86. The van der Waals surface area contributed by atoms with Gasteiger partial charge in [-0.15, -0.1) is 0 Å². The first-order chi connectivity index (χ1) is 13.9. The topological polar surface area (TPSA) is 149 Å². The zero-order valence-electron chi connectivity index (χ0n) is 15.7. The summed E-state index contributed by atoms with van der Waals surface area (Å²) in [5.41, 5.74) is 10.8. The molecule has 5 unspecified atom stereocenters. The molecule has 1 aromatic rings. The van der Waals surface area contributed by atoms with Crippen molar-refractivity contribution >= 4 is 23.4 Å². The Kier molecular flexibility index (Phi) is 3.92. The number of hydrogen-bond donors (Lipinski definition) is 4. The van der Waals surface area contributed by atoms with Crippen molar-refractivity contribution in [2.75, 3.05) is 11.9 Å². The lowest BCUT2D eigenvalue weighted by Crippen LogP contribution is -2.65. The lowest BCUT2D eigenvalue weighted by molar-refractivity contribution is -0.139. The lowest BCUT2D eigenvalue weighted by Gasteiger charge is -2.41. The summed E-state index contributed by atoms with van der Waals surface area (Å²) < 4.78 is 5.83. The summed E-state index contributed by atoms with van der Waals surface area (Å²) in [6, 6.07) is 1.63. The molecule has 0 aromatic carbocycles. The highest BCUT2D eigenvalue weighted by Gasteiger charge is 2.65. The van der Waals surface area contributed by atoms with Gasteiger partial charge in [0.15, 0.2) is 6.10 Å². The number of carbonyl (C=O) groups excluding carboxylic acids is 3. The fraction of sp³-hybridized carbons (Fsp3) is 0.500. The van der Waals surface area contributed by atoms with Crippen LogP contribution in [0.5, 0.6) is 5.75 Å². The number of nitrogens with zero attached hydrogens (tertiary/aromatic N) is 1. The summed E-state index contributed by atoms with van der Waals surface area (Å²) in [5, 5.41) is 6.00. The van der Waals surface area contributed by atoms with Gasteiger partial charge in [0.2, 0.25) is 11.8 Å². The molecular formula is C20H23N5O4. The minimum absolute atomic E-state index is 0.0385. The maximum absolute atomic E-state index is 12.8. The Morgan fingerprint density at radius 3 is 2.86 bits per heavy atom. The second kappa shape index (κ2) is 6.28. The number of aromatic nitrogens is 1. The lowest BCUT2D eigenvalue weighted by atomic mass is 9.66. The third-order valence-corrected chi connectivity index (χ3v) is 7.13. The number of amides is 3. The number of rotatable bonds is 5. The van der Waals surface area contributed by atoms with Crippen LogP contribution in [0.3, 0.4) is 0 Å². The van der Waals surface area contributed by atoms with Gasteiger partial charge >= 0.3 is 0 Å². The molecular weight excluding hydrogens is 374 g/mol. The van der Waals surface area contributed by atoms with Gasteiger partial charge in [-0.2, -0.15) is 0 Å². The Balaban J connectivity index is 1.48. The summed E-state index contributed by atoms with van der Waals surface area (Å²) >= 11 is 0. The molecule has 3 amide bonds. The average Bonchev–Trinajstić information content (AvgIpc) is 3.39. The Hall–Kier alpha value is -2.94. The monoisotopic (exact) mass is 397 g/mol. The molecule has 2 bridgehead atoms. The van der Waals surface area contributed by atoms with Gasteiger partial charge in [-0.1, -0.05) is 12.2 Å². The number of anilines is 1. The number of nitrogens with two attached hydrogens (primary N) is 2. The third-order valence-electron chi connectivity index (χ3n) is 7.13. The minimum atomic E-state index is -1.29. The zero-order chi connectivity index (χ0) is 20.3. The standard InChI is InChI=1S/C20H23N5O4/c21-17(26)12(6-15-18(27)25-13-8-23-4-3-14(13)29-15)20(19(22)28)16-10-2-1-9(5-10)11(16)7-24-20/h1-4,8-12,15-16,24H,5-7H2,(H2,21,26)(H2,22,28)(H,25,27)/t9?,10?,11?,12-,15+,16?,20?/m1/s1. The van der Waals surface area contributed by atoms with E-state index in [-0.39, 0.29) is 24.2 Å². The molecule has 6 N–H and O–H groups in total. The van der Waals surface area contributed by atoms with Gasteiger partial charge in [0, 0.05) is 18.7 Å². The molecule has 4 aliphatic rings. The predicted octanol–water partition coefficient (Wildman–Crippen LogP) is -0.462. The third kappa shape index (κ3) is 2.50. The average molecular weight is 397 g/mol. The van der Waals surface area contributed by atoms with Crippen molar-refractivity contribution in [3.05, 3.63) is 30.6 Å². The second-order valence-electron chi connectivity index (χ2n) is 8.41. The number of hydrogen-bond acceptors (Lipinski definition) is 6. The molecule has 9 heteroatoms. The molecule has 1 saturated carbocycles.